The Hall–Kier alpha value is -3.49. The summed E-state index contributed by atoms with van der Waals surface area (Å²) in [6, 6.07) is 18.5. The molecule has 1 heterocycles. The number of nitrogens with zero attached hydrogens (tertiary/aromatic N) is 1. The minimum atomic E-state index is -0.380. The second kappa shape index (κ2) is 10.2. The van der Waals surface area contributed by atoms with Crippen molar-refractivity contribution in [1.82, 2.24) is 0 Å². The number of benzene rings is 3. The molecule has 1 N–H and O–H groups in total. The monoisotopic (exact) mass is 492 g/mol. The van der Waals surface area contributed by atoms with E-state index >= 15 is 0 Å². The topological polar surface area (TPSA) is 58.6 Å². The van der Waals surface area contributed by atoms with E-state index in [4.69, 9.17) is 17.0 Å². The van der Waals surface area contributed by atoms with Crippen LogP contribution in [0, 0.1) is 19.7 Å². The summed E-state index contributed by atoms with van der Waals surface area (Å²) in [5.41, 5.74) is 4.18. The van der Waals surface area contributed by atoms with E-state index in [0.717, 1.165) is 22.4 Å². The molecule has 1 saturated heterocycles. The van der Waals surface area contributed by atoms with E-state index in [1.54, 1.807) is 30.3 Å². The van der Waals surface area contributed by atoms with Crippen molar-refractivity contribution < 1.29 is 18.7 Å². The van der Waals surface area contributed by atoms with Gasteiger partial charge in [-0.05, 0) is 73.5 Å². The molecule has 5 nitrogen and oxygen atoms in total. The molecule has 8 heteroatoms. The number of anilines is 2. The molecule has 0 radical (unpaired) electrons. The Morgan fingerprint density at radius 2 is 1.79 bits per heavy atom. The van der Waals surface area contributed by atoms with E-state index in [-0.39, 0.29) is 24.2 Å². The first-order valence-corrected chi connectivity index (χ1v) is 11.7. The molecular weight excluding hydrogens is 471 g/mol. The molecule has 2 amide bonds. The maximum atomic E-state index is 13.2. The van der Waals surface area contributed by atoms with Crippen LogP contribution in [0.1, 0.15) is 16.7 Å². The van der Waals surface area contributed by atoms with Crippen molar-refractivity contribution in [3.63, 3.8) is 0 Å². The summed E-state index contributed by atoms with van der Waals surface area (Å²) in [4.78, 5) is 26.9. The van der Waals surface area contributed by atoms with Crippen molar-refractivity contribution in [1.29, 1.82) is 0 Å². The van der Waals surface area contributed by atoms with Gasteiger partial charge in [-0.25, -0.2) is 4.39 Å². The predicted octanol–water partition coefficient (Wildman–Crippen LogP) is 5.87. The molecule has 1 fully saturated rings. The Labute approximate surface area is 206 Å². The zero-order valence-electron chi connectivity index (χ0n) is 18.5. The summed E-state index contributed by atoms with van der Waals surface area (Å²) < 4.78 is 19.2. The van der Waals surface area contributed by atoms with E-state index in [0.29, 0.717) is 20.7 Å². The number of carbonyl (C=O) groups excluding carboxylic acids is 2. The predicted molar refractivity (Wildman–Crippen MR) is 139 cm³/mol. The van der Waals surface area contributed by atoms with Crippen LogP contribution in [0.5, 0.6) is 5.75 Å². The molecule has 4 rings (SSSR count). The lowest BCUT2D eigenvalue weighted by Gasteiger charge is -2.14. The molecule has 0 aliphatic carbocycles. The minimum Gasteiger partial charge on any atom is -0.484 e. The van der Waals surface area contributed by atoms with Gasteiger partial charge in [0.25, 0.3) is 11.8 Å². The fraction of sp³-hybridized carbons (Fsp3) is 0.115. The summed E-state index contributed by atoms with van der Waals surface area (Å²) in [6.07, 6.45) is 1.74. The fourth-order valence-electron chi connectivity index (χ4n) is 3.38. The number of nitrogens with one attached hydrogen (secondary N) is 1. The van der Waals surface area contributed by atoms with Gasteiger partial charge in [-0.3, -0.25) is 14.5 Å². The Balaban J connectivity index is 1.37. The van der Waals surface area contributed by atoms with Crippen molar-refractivity contribution in [3.05, 3.63) is 94.1 Å². The number of hydrogen-bond acceptors (Lipinski definition) is 5. The summed E-state index contributed by atoms with van der Waals surface area (Å²) in [5, 5.41) is 2.85. The third-order valence-corrected chi connectivity index (χ3v) is 6.38. The molecular formula is C26H21FN2O3S2. The van der Waals surface area contributed by atoms with E-state index in [1.165, 1.54) is 40.9 Å². The number of aryl methyl sites for hydroxylation is 2. The molecule has 0 bridgehead atoms. The van der Waals surface area contributed by atoms with Crippen LogP contribution < -0.4 is 15.0 Å². The molecule has 1 aliphatic rings. The van der Waals surface area contributed by atoms with Crippen molar-refractivity contribution in [2.75, 3.05) is 16.8 Å². The van der Waals surface area contributed by atoms with Crippen LogP contribution in [-0.2, 0) is 9.59 Å². The first-order valence-electron chi connectivity index (χ1n) is 10.4. The maximum Gasteiger partial charge on any atom is 0.270 e. The molecule has 0 unspecified atom stereocenters. The number of thiocarbonyl (C=S) groups is 1. The number of carbonyl (C=O) groups is 2. The quantitative estimate of drug-likeness (QED) is 0.345. The Morgan fingerprint density at radius 3 is 2.47 bits per heavy atom. The molecule has 172 valence electrons. The van der Waals surface area contributed by atoms with Gasteiger partial charge in [0.2, 0.25) is 0 Å². The number of halogens is 1. The third kappa shape index (κ3) is 5.52. The van der Waals surface area contributed by atoms with Crippen LogP contribution in [0.2, 0.25) is 0 Å². The average Bonchev–Trinajstić information content (AvgIpc) is 3.08. The van der Waals surface area contributed by atoms with Gasteiger partial charge in [0.05, 0.1) is 10.6 Å². The van der Waals surface area contributed by atoms with Crippen molar-refractivity contribution >= 4 is 57.6 Å². The standard InChI is InChI=1S/C26H21FN2O3S2/c1-16-3-12-22(17(2)13-16)28-24(30)15-32-21-10-4-18(5-11-21)14-23-25(31)29(26(33)34-23)20-8-6-19(27)7-9-20/h3-14H,15H2,1-2H3,(H,28,30)/b23-14-. The summed E-state index contributed by atoms with van der Waals surface area (Å²) in [5.74, 6) is -0.355. The van der Waals surface area contributed by atoms with Gasteiger partial charge in [0, 0.05) is 5.69 Å². The van der Waals surface area contributed by atoms with Gasteiger partial charge in [0.15, 0.2) is 10.9 Å². The summed E-state index contributed by atoms with van der Waals surface area (Å²) >= 11 is 6.53. The van der Waals surface area contributed by atoms with Crippen LogP contribution in [0.4, 0.5) is 15.8 Å². The number of thioether (sulfide) groups is 1. The van der Waals surface area contributed by atoms with Crippen molar-refractivity contribution in [3.8, 4) is 5.75 Å². The van der Waals surface area contributed by atoms with Gasteiger partial charge in [-0.1, -0.05) is 53.8 Å². The van der Waals surface area contributed by atoms with Crippen LogP contribution >= 0.6 is 24.0 Å². The second-order valence-corrected chi connectivity index (χ2v) is 9.39. The van der Waals surface area contributed by atoms with Gasteiger partial charge in [-0.15, -0.1) is 0 Å². The zero-order valence-corrected chi connectivity index (χ0v) is 20.1. The average molecular weight is 493 g/mol. The number of ether oxygens (including phenoxy) is 1. The first kappa shape index (κ1) is 23.7. The summed E-state index contributed by atoms with van der Waals surface area (Å²) in [7, 11) is 0. The van der Waals surface area contributed by atoms with Crippen LogP contribution in [0.15, 0.2) is 71.6 Å². The Kier molecular flexibility index (Phi) is 7.09. The molecule has 3 aromatic rings. The second-order valence-electron chi connectivity index (χ2n) is 7.72. The van der Waals surface area contributed by atoms with Crippen LogP contribution in [0.3, 0.4) is 0 Å². The van der Waals surface area contributed by atoms with Gasteiger partial charge in [0.1, 0.15) is 11.6 Å². The Bertz CT molecular complexity index is 1290. The zero-order chi connectivity index (χ0) is 24.2. The molecule has 0 saturated carbocycles. The van der Waals surface area contributed by atoms with Gasteiger partial charge >= 0.3 is 0 Å². The molecule has 1 aliphatic heterocycles. The molecule has 0 spiro atoms. The maximum absolute atomic E-state index is 13.2. The molecule has 34 heavy (non-hydrogen) atoms. The Morgan fingerprint density at radius 1 is 1.09 bits per heavy atom. The lowest BCUT2D eigenvalue weighted by atomic mass is 10.1. The van der Waals surface area contributed by atoms with E-state index in [2.05, 4.69) is 5.32 Å². The molecule has 0 atom stereocenters. The van der Waals surface area contributed by atoms with Gasteiger partial charge in [-0.2, -0.15) is 0 Å². The van der Waals surface area contributed by atoms with Crippen molar-refractivity contribution in [2.24, 2.45) is 0 Å². The highest BCUT2D eigenvalue weighted by Crippen LogP contribution is 2.36. The van der Waals surface area contributed by atoms with Crippen LogP contribution in [-0.4, -0.2) is 22.7 Å². The van der Waals surface area contributed by atoms with Crippen molar-refractivity contribution in [2.45, 2.75) is 13.8 Å². The third-order valence-electron chi connectivity index (χ3n) is 5.08. The highest BCUT2D eigenvalue weighted by atomic mass is 32.2. The smallest absolute Gasteiger partial charge is 0.270 e. The van der Waals surface area contributed by atoms with Gasteiger partial charge < -0.3 is 10.1 Å². The van der Waals surface area contributed by atoms with E-state index < -0.39 is 0 Å². The van der Waals surface area contributed by atoms with Crippen LogP contribution in [0.25, 0.3) is 6.08 Å². The lowest BCUT2D eigenvalue weighted by Crippen LogP contribution is -2.27. The van der Waals surface area contributed by atoms with E-state index in [9.17, 15) is 14.0 Å². The largest absolute Gasteiger partial charge is 0.484 e. The minimum absolute atomic E-state index is 0.122. The van der Waals surface area contributed by atoms with E-state index in [1.807, 2.05) is 32.0 Å². The highest BCUT2D eigenvalue weighted by Gasteiger charge is 2.33. The fourth-order valence-corrected chi connectivity index (χ4v) is 4.68. The number of amides is 2. The first-order chi connectivity index (χ1) is 16.3. The molecule has 3 aromatic carbocycles. The normalized spacial score (nSPS) is 14.6. The highest BCUT2D eigenvalue weighted by molar-refractivity contribution is 8.27. The molecule has 0 aromatic heterocycles. The SMILES string of the molecule is Cc1ccc(NC(=O)COc2ccc(/C=C3\SC(=S)N(c4ccc(F)cc4)C3=O)cc2)c(C)c1. The summed E-state index contributed by atoms with van der Waals surface area (Å²) in [6.45, 7) is 3.82. The number of rotatable bonds is 6. The number of hydrogen-bond donors (Lipinski definition) is 1. The lowest BCUT2D eigenvalue weighted by molar-refractivity contribution is -0.118.